The molecule has 3 heterocycles. The van der Waals surface area contributed by atoms with Crippen molar-refractivity contribution in [1.29, 1.82) is 0 Å². The van der Waals surface area contributed by atoms with Crippen LogP contribution >= 0.6 is 11.3 Å². The number of furan rings is 1. The zero-order valence-electron chi connectivity index (χ0n) is 12.9. The Labute approximate surface area is 142 Å². The molecule has 3 rings (SSSR count). The van der Waals surface area contributed by atoms with Crippen LogP contribution in [0.5, 0.6) is 0 Å². The standard InChI is InChI=1S/C16H16N4O3S/c1-10(7-13(21)14-3-2-6-23-14)19-15(22)12-9-24-16(20-12)11-8-17-4-5-18-11/h2-6,8-10,13,21H,7H2,1H3,(H,19,22). The molecule has 0 bridgehead atoms. The number of thiazole rings is 1. The monoisotopic (exact) mass is 344 g/mol. The van der Waals surface area contributed by atoms with Crippen molar-refractivity contribution in [1.82, 2.24) is 20.3 Å². The smallest absolute Gasteiger partial charge is 0.270 e. The number of rotatable bonds is 6. The van der Waals surface area contributed by atoms with E-state index in [1.165, 1.54) is 17.6 Å². The first kappa shape index (κ1) is 16.3. The van der Waals surface area contributed by atoms with Crippen molar-refractivity contribution < 1.29 is 14.3 Å². The summed E-state index contributed by atoms with van der Waals surface area (Å²) < 4.78 is 5.15. The Morgan fingerprint density at radius 3 is 3.04 bits per heavy atom. The highest BCUT2D eigenvalue weighted by atomic mass is 32.1. The average molecular weight is 344 g/mol. The Kier molecular flexibility index (Phi) is 4.97. The van der Waals surface area contributed by atoms with Gasteiger partial charge in [-0.15, -0.1) is 11.3 Å². The van der Waals surface area contributed by atoms with E-state index in [1.54, 1.807) is 36.1 Å². The largest absolute Gasteiger partial charge is 0.467 e. The summed E-state index contributed by atoms with van der Waals surface area (Å²) in [5.41, 5.74) is 0.947. The molecule has 7 nitrogen and oxygen atoms in total. The number of amides is 1. The topological polar surface area (TPSA) is 101 Å². The minimum atomic E-state index is -0.763. The number of carbonyl (C=O) groups is 1. The molecule has 124 valence electrons. The van der Waals surface area contributed by atoms with Gasteiger partial charge in [0.25, 0.3) is 5.91 Å². The number of aliphatic hydroxyl groups is 1. The summed E-state index contributed by atoms with van der Waals surface area (Å²) in [5, 5.41) is 15.2. The molecule has 2 atom stereocenters. The van der Waals surface area contributed by atoms with Crippen LogP contribution in [-0.2, 0) is 0 Å². The fourth-order valence-electron chi connectivity index (χ4n) is 2.19. The SMILES string of the molecule is CC(CC(O)c1ccco1)NC(=O)c1csc(-c2cnccn2)n1. The molecule has 0 aliphatic heterocycles. The van der Waals surface area contributed by atoms with Crippen molar-refractivity contribution in [3.05, 3.63) is 53.8 Å². The first-order valence-corrected chi connectivity index (χ1v) is 8.25. The highest BCUT2D eigenvalue weighted by molar-refractivity contribution is 7.13. The predicted molar refractivity (Wildman–Crippen MR) is 88.4 cm³/mol. The predicted octanol–water partition coefficient (Wildman–Crippen LogP) is 2.44. The molecule has 0 fully saturated rings. The van der Waals surface area contributed by atoms with Crippen LogP contribution < -0.4 is 5.32 Å². The van der Waals surface area contributed by atoms with Gasteiger partial charge in [-0.1, -0.05) is 0 Å². The molecule has 0 aliphatic carbocycles. The molecule has 3 aromatic rings. The Balaban J connectivity index is 1.60. The van der Waals surface area contributed by atoms with E-state index >= 15 is 0 Å². The molecule has 0 saturated carbocycles. The van der Waals surface area contributed by atoms with Gasteiger partial charge in [0.1, 0.15) is 28.3 Å². The molecule has 0 spiro atoms. The van der Waals surface area contributed by atoms with Gasteiger partial charge in [-0.05, 0) is 19.1 Å². The normalized spacial score (nSPS) is 13.4. The summed E-state index contributed by atoms with van der Waals surface area (Å²) in [6.07, 6.45) is 5.85. The van der Waals surface area contributed by atoms with Gasteiger partial charge in [-0.3, -0.25) is 14.8 Å². The number of hydrogen-bond acceptors (Lipinski definition) is 7. The van der Waals surface area contributed by atoms with Crippen molar-refractivity contribution in [2.45, 2.75) is 25.5 Å². The second kappa shape index (κ2) is 7.33. The first-order chi connectivity index (χ1) is 11.6. The maximum Gasteiger partial charge on any atom is 0.270 e. The highest BCUT2D eigenvalue weighted by Gasteiger charge is 2.19. The lowest BCUT2D eigenvalue weighted by molar-refractivity contribution is 0.0899. The Morgan fingerprint density at radius 2 is 2.33 bits per heavy atom. The maximum atomic E-state index is 12.3. The van der Waals surface area contributed by atoms with Gasteiger partial charge in [0.05, 0.1) is 12.5 Å². The minimum absolute atomic E-state index is 0.237. The molecule has 1 amide bonds. The van der Waals surface area contributed by atoms with Gasteiger partial charge in [0, 0.05) is 30.2 Å². The number of nitrogens with one attached hydrogen (secondary N) is 1. The molecule has 3 aromatic heterocycles. The van der Waals surface area contributed by atoms with Crippen LogP contribution in [0.15, 0.2) is 46.8 Å². The number of nitrogens with zero attached hydrogens (tertiary/aromatic N) is 3. The fourth-order valence-corrected chi connectivity index (χ4v) is 2.95. The van der Waals surface area contributed by atoms with E-state index in [2.05, 4.69) is 20.3 Å². The van der Waals surface area contributed by atoms with Crippen molar-refractivity contribution in [2.24, 2.45) is 0 Å². The minimum Gasteiger partial charge on any atom is -0.467 e. The van der Waals surface area contributed by atoms with E-state index in [9.17, 15) is 9.90 Å². The molecule has 8 heteroatoms. The van der Waals surface area contributed by atoms with E-state index < -0.39 is 6.10 Å². The third-order valence-corrected chi connectivity index (χ3v) is 4.21. The zero-order chi connectivity index (χ0) is 16.9. The van der Waals surface area contributed by atoms with Crippen molar-refractivity contribution in [2.75, 3.05) is 0 Å². The molecular weight excluding hydrogens is 328 g/mol. The summed E-state index contributed by atoms with van der Waals surface area (Å²) in [5.74, 6) is 0.190. The van der Waals surface area contributed by atoms with Gasteiger partial charge >= 0.3 is 0 Å². The van der Waals surface area contributed by atoms with Crippen molar-refractivity contribution in [3.63, 3.8) is 0 Å². The van der Waals surface area contributed by atoms with Crippen LogP contribution in [0.1, 0.15) is 35.7 Å². The van der Waals surface area contributed by atoms with E-state index in [0.717, 1.165) is 0 Å². The zero-order valence-corrected chi connectivity index (χ0v) is 13.7. The van der Waals surface area contributed by atoms with Crippen LogP contribution in [0, 0.1) is 0 Å². The Hall–Kier alpha value is -2.58. The summed E-state index contributed by atoms with van der Waals surface area (Å²) in [7, 11) is 0. The third kappa shape index (κ3) is 3.84. The lowest BCUT2D eigenvalue weighted by Crippen LogP contribution is -2.33. The van der Waals surface area contributed by atoms with Crippen molar-refractivity contribution in [3.8, 4) is 10.7 Å². The number of carbonyl (C=O) groups excluding carboxylic acids is 1. The maximum absolute atomic E-state index is 12.3. The van der Waals surface area contributed by atoms with Crippen LogP contribution in [-0.4, -0.2) is 32.0 Å². The summed E-state index contributed by atoms with van der Waals surface area (Å²) in [4.78, 5) is 24.7. The molecular formula is C16H16N4O3S. The lowest BCUT2D eigenvalue weighted by atomic mass is 10.1. The quantitative estimate of drug-likeness (QED) is 0.712. The van der Waals surface area contributed by atoms with E-state index in [0.29, 0.717) is 28.6 Å². The molecule has 0 aliphatic rings. The molecule has 0 saturated heterocycles. The molecule has 0 radical (unpaired) electrons. The molecule has 0 aromatic carbocycles. The van der Waals surface area contributed by atoms with Crippen LogP contribution in [0.25, 0.3) is 10.7 Å². The average Bonchev–Trinajstić information content (AvgIpc) is 3.27. The van der Waals surface area contributed by atoms with Crippen LogP contribution in [0.4, 0.5) is 0 Å². The van der Waals surface area contributed by atoms with Crippen LogP contribution in [0.3, 0.4) is 0 Å². The van der Waals surface area contributed by atoms with Gasteiger partial charge in [0.2, 0.25) is 0 Å². The number of hydrogen-bond donors (Lipinski definition) is 2. The van der Waals surface area contributed by atoms with E-state index in [4.69, 9.17) is 4.42 Å². The molecule has 24 heavy (non-hydrogen) atoms. The second-order valence-electron chi connectivity index (χ2n) is 5.27. The first-order valence-electron chi connectivity index (χ1n) is 7.37. The fraction of sp³-hybridized carbons (Fsp3) is 0.250. The summed E-state index contributed by atoms with van der Waals surface area (Å²) in [6.45, 7) is 1.82. The Morgan fingerprint density at radius 1 is 1.46 bits per heavy atom. The number of aliphatic hydroxyl groups excluding tert-OH is 1. The third-order valence-electron chi connectivity index (χ3n) is 3.35. The number of aromatic nitrogens is 3. The highest BCUT2D eigenvalue weighted by Crippen LogP contribution is 2.21. The van der Waals surface area contributed by atoms with Gasteiger partial charge in [0.15, 0.2) is 0 Å². The Bertz CT molecular complexity index is 789. The van der Waals surface area contributed by atoms with Crippen LogP contribution in [0.2, 0.25) is 0 Å². The summed E-state index contributed by atoms with van der Waals surface area (Å²) in [6, 6.07) is 3.18. The lowest BCUT2D eigenvalue weighted by Gasteiger charge is -2.16. The van der Waals surface area contributed by atoms with E-state index in [1.807, 2.05) is 6.92 Å². The summed E-state index contributed by atoms with van der Waals surface area (Å²) >= 11 is 1.33. The molecule has 2 unspecified atom stereocenters. The van der Waals surface area contributed by atoms with E-state index in [-0.39, 0.29) is 11.9 Å². The second-order valence-corrected chi connectivity index (χ2v) is 6.13. The van der Waals surface area contributed by atoms with Gasteiger partial charge < -0.3 is 14.8 Å². The molecule has 2 N–H and O–H groups in total. The van der Waals surface area contributed by atoms with Crippen molar-refractivity contribution >= 4 is 17.2 Å². The van der Waals surface area contributed by atoms with Gasteiger partial charge in [-0.2, -0.15) is 0 Å². The van der Waals surface area contributed by atoms with Gasteiger partial charge in [-0.25, -0.2) is 4.98 Å².